The molecule has 1 N–H and O–H groups in total. The smallest absolute Gasteiger partial charge is 0.226 e. The van der Waals surface area contributed by atoms with Gasteiger partial charge in [-0.05, 0) is 33.2 Å². The first-order valence-corrected chi connectivity index (χ1v) is 6.79. The second-order valence-corrected chi connectivity index (χ2v) is 5.11. The molecule has 1 unspecified atom stereocenters. The molecule has 1 fully saturated rings. The predicted molar refractivity (Wildman–Crippen MR) is 67.0 cm³/mol. The number of aryl methyl sites for hydroxylation is 1. The van der Waals surface area contributed by atoms with Crippen LogP contribution in [0.3, 0.4) is 0 Å². The minimum absolute atomic E-state index is 0.500. The van der Waals surface area contributed by atoms with E-state index in [1.165, 1.54) is 32.1 Å². The van der Waals surface area contributed by atoms with Crippen molar-refractivity contribution >= 4 is 0 Å². The van der Waals surface area contributed by atoms with Crippen molar-refractivity contribution in [2.24, 2.45) is 0 Å². The van der Waals surface area contributed by atoms with E-state index >= 15 is 0 Å². The van der Waals surface area contributed by atoms with Crippen molar-refractivity contribution in [1.82, 2.24) is 15.5 Å². The lowest BCUT2D eigenvalue weighted by Crippen LogP contribution is -2.21. The Morgan fingerprint density at radius 3 is 2.82 bits per heavy atom. The van der Waals surface area contributed by atoms with E-state index in [1.807, 2.05) is 7.05 Å². The van der Waals surface area contributed by atoms with E-state index in [2.05, 4.69) is 22.4 Å². The highest BCUT2D eigenvalue weighted by Crippen LogP contribution is 2.30. The molecule has 0 aromatic carbocycles. The zero-order valence-corrected chi connectivity index (χ0v) is 10.9. The van der Waals surface area contributed by atoms with E-state index < -0.39 is 0 Å². The van der Waals surface area contributed by atoms with Gasteiger partial charge >= 0.3 is 0 Å². The molecule has 1 aromatic heterocycles. The Labute approximate surface area is 103 Å². The number of nitrogens with zero attached hydrogens (tertiary/aromatic N) is 2. The highest BCUT2D eigenvalue weighted by atomic mass is 16.5. The molecule has 0 amide bonds. The number of aromatic nitrogens is 2. The van der Waals surface area contributed by atoms with E-state index in [9.17, 15) is 0 Å². The van der Waals surface area contributed by atoms with Crippen LogP contribution in [-0.2, 0) is 6.42 Å². The first kappa shape index (κ1) is 12.6. The lowest BCUT2D eigenvalue weighted by Gasteiger charge is -2.17. The van der Waals surface area contributed by atoms with Crippen LogP contribution in [0.15, 0.2) is 4.52 Å². The average molecular weight is 237 g/mol. The lowest BCUT2D eigenvalue weighted by atomic mass is 9.89. The van der Waals surface area contributed by atoms with Crippen molar-refractivity contribution in [3.8, 4) is 0 Å². The topological polar surface area (TPSA) is 51.0 Å². The Bertz CT molecular complexity index is 331. The Hall–Kier alpha value is -0.900. The summed E-state index contributed by atoms with van der Waals surface area (Å²) in [6, 6.07) is 0.500. The van der Waals surface area contributed by atoms with Gasteiger partial charge in [-0.2, -0.15) is 4.98 Å². The van der Waals surface area contributed by atoms with Crippen LogP contribution in [0, 0.1) is 0 Å². The normalized spacial score (nSPS) is 19.4. The Balaban J connectivity index is 1.86. The van der Waals surface area contributed by atoms with Crippen LogP contribution in [-0.4, -0.2) is 23.2 Å². The van der Waals surface area contributed by atoms with Crippen LogP contribution < -0.4 is 5.32 Å². The van der Waals surface area contributed by atoms with Gasteiger partial charge in [0.2, 0.25) is 5.89 Å². The van der Waals surface area contributed by atoms with Gasteiger partial charge < -0.3 is 9.84 Å². The molecule has 1 saturated carbocycles. The van der Waals surface area contributed by atoms with E-state index in [0.717, 1.165) is 24.6 Å². The summed E-state index contributed by atoms with van der Waals surface area (Å²) in [6.45, 7) is 2.17. The summed E-state index contributed by atoms with van der Waals surface area (Å²) in [4.78, 5) is 4.53. The highest BCUT2D eigenvalue weighted by molar-refractivity contribution is 4.97. The van der Waals surface area contributed by atoms with Crippen LogP contribution in [0.4, 0.5) is 0 Å². The molecule has 0 spiro atoms. The third-order valence-electron chi connectivity index (χ3n) is 3.74. The Morgan fingerprint density at radius 1 is 1.35 bits per heavy atom. The SMILES string of the molecule is CNC(C)CCc1nc(C2CCCCC2)no1. The first-order valence-electron chi connectivity index (χ1n) is 6.79. The van der Waals surface area contributed by atoms with Crippen molar-refractivity contribution in [1.29, 1.82) is 0 Å². The molecule has 1 heterocycles. The Morgan fingerprint density at radius 2 is 2.12 bits per heavy atom. The standard InChI is InChI=1S/C13H23N3O/c1-10(14-2)8-9-12-15-13(16-17-12)11-6-4-3-5-7-11/h10-11,14H,3-9H2,1-2H3. The van der Waals surface area contributed by atoms with E-state index in [-0.39, 0.29) is 0 Å². The largest absolute Gasteiger partial charge is 0.339 e. The van der Waals surface area contributed by atoms with Gasteiger partial charge in [0.1, 0.15) is 0 Å². The van der Waals surface area contributed by atoms with Gasteiger partial charge in [0.25, 0.3) is 0 Å². The van der Waals surface area contributed by atoms with E-state index in [4.69, 9.17) is 4.52 Å². The van der Waals surface area contributed by atoms with Crippen molar-refractivity contribution in [3.63, 3.8) is 0 Å². The molecule has 0 aliphatic heterocycles. The zero-order chi connectivity index (χ0) is 12.1. The van der Waals surface area contributed by atoms with Crippen molar-refractivity contribution in [2.45, 2.75) is 63.8 Å². The minimum atomic E-state index is 0.500. The second kappa shape index (κ2) is 6.15. The number of nitrogens with one attached hydrogen (secondary N) is 1. The van der Waals surface area contributed by atoms with Crippen LogP contribution in [0.1, 0.15) is 63.1 Å². The molecule has 96 valence electrons. The predicted octanol–water partition coefficient (Wildman–Crippen LogP) is 2.66. The minimum Gasteiger partial charge on any atom is -0.339 e. The summed E-state index contributed by atoms with van der Waals surface area (Å²) in [5, 5.41) is 7.35. The summed E-state index contributed by atoms with van der Waals surface area (Å²) in [7, 11) is 1.98. The molecular formula is C13H23N3O. The van der Waals surface area contributed by atoms with Crippen LogP contribution in [0.25, 0.3) is 0 Å². The maximum absolute atomic E-state index is 5.32. The van der Waals surface area contributed by atoms with Crippen molar-refractivity contribution in [2.75, 3.05) is 7.05 Å². The molecule has 0 radical (unpaired) electrons. The van der Waals surface area contributed by atoms with Crippen LogP contribution >= 0.6 is 0 Å². The summed E-state index contributed by atoms with van der Waals surface area (Å²) in [5.41, 5.74) is 0. The van der Waals surface area contributed by atoms with Crippen LogP contribution in [0.2, 0.25) is 0 Å². The molecule has 1 atom stereocenters. The van der Waals surface area contributed by atoms with Gasteiger partial charge in [-0.15, -0.1) is 0 Å². The molecule has 1 aromatic rings. The molecule has 17 heavy (non-hydrogen) atoms. The van der Waals surface area contributed by atoms with Gasteiger partial charge in [0, 0.05) is 18.4 Å². The lowest BCUT2D eigenvalue weighted by molar-refractivity contribution is 0.352. The van der Waals surface area contributed by atoms with E-state index in [1.54, 1.807) is 0 Å². The monoisotopic (exact) mass is 237 g/mol. The third kappa shape index (κ3) is 3.53. The summed E-state index contributed by atoms with van der Waals surface area (Å²) < 4.78 is 5.32. The summed E-state index contributed by atoms with van der Waals surface area (Å²) >= 11 is 0. The first-order chi connectivity index (χ1) is 8.29. The van der Waals surface area contributed by atoms with Crippen LogP contribution in [0.5, 0.6) is 0 Å². The molecule has 0 bridgehead atoms. The molecule has 4 heteroatoms. The summed E-state index contributed by atoms with van der Waals surface area (Å²) in [6.07, 6.45) is 8.36. The fraction of sp³-hybridized carbons (Fsp3) is 0.846. The molecule has 0 saturated heterocycles. The number of hydrogen-bond acceptors (Lipinski definition) is 4. The molecule has 1 aliphatic carbocycles. The Kier molecular flexibility index (Phi) is 4.54. The van der Waals surface area contributed by atoms with Gasteiger partial charge in [0.15, 0.2) is 5.82 Å². The van der Waals surface area contributed by atoms with Gasteiger partial charge in [-0.25, -0.2) is 0 Å². The van der Waals surface area contributed by atoms with Crippen molar-refractivity contribution < 1.29 is 4.52 Å². The quantitative estimate of drug-likeness (QED) is 0.855. The third-order valence-corrected chi connectivity index (χ3v) is 3.74. The van der Waals surface area contributed by atoms with Crippen molar-refractivity contribution in [3.05, 3.63) is 11.7 Å². The second-order valence-electron chi connectivity index (χ2n) is 5.11. The maximum Gasteiger partial charge on any atom is 0.226 e. The fourth-order valence-corrected chi connectivity index (χ4v) is 2.38. The molecule has 2 rings (SSSR count). The molecule has 1 aliphatic rings. The highest BCUT2D eigenvalue weighted by Gasteiger charge is 2.20. The molecule has 4 nitrogen and oxygen atoms in total. The zero-order valence-electron chi connectivity index (χ0n) is 10.9. The molecular weight excluding hydrogens is 214 g/mol. The maximum atomic E-state index is 5.32. The summed E-state index contributed by atoms with van der Waals surface area (Å²) in [5.74, 6) is 2.28. The van der Waals surface area contributed by atoms with E-state index in [0.29, 0.717) is 12.0 Å². The van der Waals surface area contributed by atoms with Gasteiger partial charge in [-0.1, -0.05) is 24.4 Å². The van der Waals surface area contributed by atoms with Gasteiger partial charge in [-0.3, -0.25) is 0 Å². The number of rotatable bonds is 5. The average Bonchev–Trinajstić information content (AvgIpc) is 2.86. The fourth-order valence-electron chi connectivity index (χ4n) is 2.38. The number of hydrogen-bond donors (Lipinski definition) is 1. The van der Waals surface area contributed by atoms with Gasteiger partial charge in [0.05, 0.1) is 0 Å².